The Labute approximate surface area is 301 Å². The maximum absolute atomic E-state index is 14.2. The molecule has 11 nitrogen and oxygen atoms in total. The maximum atomic E-state index is 14.2. The van der Waals surface area contributed by atoms with Crippen molar-refractivity contribution in [3.8, 4) is 33.6 Å². The van der Waals surface area contributed by atoms with Gasteiger partial charge in [-0.25, -0.2) is 14.8 Å². The number of nitrogens with one attached hydrogen (secondary N) is 4. The Bertz CT molecular complexity index is 1760. The summed E-state index contributed by atoms with van der Waals surface area (Å²) in [5.41, 5.74) is 6.23. The molecular weight excluding hydrogens is 642 g/mol. The SMILES string of the molecule is COC(=O)N[C@H](C(=O)N1[C@H](C)C(C)C[C@H]1c1ncc(-c2ccc(-c3ccc(-c4cnc([C@H](C)N[C@H](C)C(C)C)[nH]4)cc3)cc2)[nH]1)C1CCOCC1. The number of hydrogen-bond donors (Lipinski definition) is 4. The Kier molecular flexibility index (Phi) is 11.3. The van der Waals surface area contributed by atoms with Gasteiger partial charge in [-0.05, 0) is 80.0 Å². The normalized spacial score (nSPS) is 21.4. The van der Waals surface area contributed by atoms with Crippen LogP contribution in [0.5, 0.6) is 0 Å². The molecule has 0 bridgehead atoms. The highest BCUT2D eigenvalue weighted by atomic mass is 16.5. The van der Waals surface area contributed by atoms with Crippen LogP contribution in [0.2, 0.25) is 0 Å². The van der Waals surface area contributed by atoms with Gasteiger partial charge in [0.05, 0.1) is 43.0 Å². The third-order valence-corrected chi connectivity index (χ3v) is 11.1. The highest BCUT2D eigenvalue weighted by Gasteiger charge is 2.45. The molecule has 4 aromatic rings. The van der Waals surface area contributed by atoms with Gasteiger partial charge in [0.2, 0.25) is 5.91 Å². The molecule has 2 fully saturated rings. The molecule has 0 aliphatic carbocycles. The van der Waals surface area contributed by atoms with Crippen LogP contribution in [0.4, 0.5) is 4.79 Å². The zero-order valence-corrected chi connectivity index (χ0v) is 30.9. The molecule has 2 aliphatic rings. The fraction of sp³-hybridized carbons (Fsp3) is 0.500. The van der Waals surface area contributed by atoms with Gasteiger partial charge in [-0.3, -0.25) is 4.79 Å². The Hall–Kier alpha value is -4.48. The van der Waals surface area contributed by atoms with Gasteiger partial charge in [-0.2, -0.15) is 0 Å². The standard InChI is InChI=1S/C40H53N7O4/c1-23(2)25(4)43-26(5)37-41-21-33(44-37)30-12-8-28(9-13-30)29-10-14-31(15-11-29)34-22-42-38(45-34)35-20-24(3)27(6)47(35)39(48)36(46-40(49)50-7)32-16-18-51-19-17-32/h8-15,21-27,32,35-36,43H,16-20H2,1-7H3,(H,41,44)(H,42,45)(H,46,49)/t24?,25-,26+,27-,35+,36+/m1/s1. The van der Waals surface area contributed by atoms with E-state index in [-0.39, 0.29) is 35.9 Å². The third-order valence-electron chi connectivity index (χ3n) is 11.1. The summed E-state index contributed by atoms with van der Waals surface area (Å²) in [6, 6.07) is 16.6. The van der Waals surface area contributed by atoms with Gasteiger partial charge in [0, 0.05) is 25.3 Å². The van der Waals surface area contributed by atoms with Crippen LogP contribution in [-0.2, 0) is 14.3 Å². The molecule has 2 aromatic heterocycles. The summed E-state index contributed by atoms with van der Waals surface area (Å²) in [5, 5.41) is 6.47. The van der Waals surface area contributed by atoms with Gasteiger partial charge in [0.25, 0.3) is 0 Å². The molecule has 2 aromatic carbocycles. The van der Waals surface area contributed by atoms with Crippen molar-refractivity contribution in [1.29, 1.82) is 0 Å². The number of methoxy groups -OCH3 is 1. The summed E-state index contributed by atoms with van der Waals surface area (Å²) in [7, 11) is 1.32. The molecule has 6 rings (SSSR count). The van der Waals surface area contributed by atoms with Crippen LogP contribution < -0.4 is 10.6 Å². The van der Waals surface area contributed by atoms with Gasteiger partial charge in [0.15, 0.2) is 0 Å². The van der Waals surface area contributed by atoms with Crippen molar-refractivity contribution < 1.29 is 19.1 Å². The molecule has 2 amide bonds. The molecule has 272 valence electrons. The first kappa shape index (κ1) is 36.3. The van der Waals surface area contributed by atoms with Crippen LogP contribution in [0.1, 0.15) is 84.5 Å². The van der Waals surface area contributed by atoms with E-state index in [0.29, 0.717) is 38.0 Å². The minimum Gasteiger partial charge on any atom is -0.453 e. The van der Waals surface area contributed by atoms with Gasteiger partial charge < -0.3 is 35.0 Å². The molecule has 2 saturated heterocycles. The highest BCUT2D eigenvalue weighted by molar-refractivity contribution is 5.87. The Morgan fingerprint density at radius 2 is 1.43 bits per heavy atom. The maximum Gasteiger partial charge on any atom is 0.407 e. The number of ether oxygens (including phenoxy) is 2. The molecule has 4 N–H and O–H groups in total. The summed E-state index contributed by atoms with van der Waals surface area (Å²) in [6.45, 7) is 14.2. The van der Waals surface area contributed by atoms with Crippen LogP contribution >= 0.6 is 0 Å². The first-order valence-electron chi connectivity index (χ1n) is 18.4. The second-order valence-electron chi connectivity index (χ2n) is 14.7. The van der Waals surface area contributed by atoms with E-state index in [1.807, 2.05) is 17.3 Å². The number of amides is 2. The Morgan fingerprint density at radius 3 is 2.02 bits per heavy atom. The van der Waals surface area contributed by atoms with Crippen LogP contribution in [0.25, 0.3) is 33.6 Å². The molecule has 1 unspecified atom stereocenters. The van der Waals surface area contributed by atoms with Gasteiger partial charge >= 0.3 is 6.09 Å². The quantitative estimate of drug-likeness (QED) is 0.129. The molecular formula is C40H53N7O4. The van der Waals surface area contributed by atoms with Crippen LogP contribution in [0.3, 0.4) is 0 Å². The molecule has 0 radical (unpaired) electrons. The van der Waals surface area contributed by atoms with Crippen molar-refractivity contribution in [2.75, 3.05) is 20.3 Å². The monoisotopic (exact) mass is 695 g/mol. The number of carbonyl (C=O) groups excluding carboxylic acids is 2. The number of alkyl carbamates (subject to hydrolysis) is 1. The van der Waals surface area contributed by atoms with Gasteiger partial charge in [-0.15, -0.1) is 0 Å². The Balaban J connectivity index is 1.15. The van der Waals surface area contributed by atoms with E-state index in [2.05, 4.69) is 116 Å². The number of nitrogens with zero attached hydrogens (tertiary/aromatic N) is 3. The number of aromatic amines is 2. The lowest BCUT2D eigenvalue weighted by molar-refractivity contribution is -0.139. The average Bonchev–Trinajstić information content (AvgIpc) is 3.91. The van der Waals surface area contributed by atoms with E-state index in [4.69, 9.17) is 14.5 Å². The lowest BCUT2D eigenvalue weighted by Crippen LogP contribution is -2.54. The molecule has 2 aliphatic heterocycles. The molecule has 6 atom stereocenters. The molecule has 51 heavy (non-hydrogen) atoms. The lowest BCUT2D eigenvalue weighted by atomic mass is 9.90. The largest absolute Gasteiger partial charge is 0.453 e. The lowest BCUT2D eigenvalue weighted by Gasteiger charge is -2.36. The number of carbonyl (C=O) groups is 2. The summed E-state index contributed by atoms with van der Waals surface area (Å²) in [6.07, 6.45) is 5.33. The second kappa shape index (κ2) is 15.8. The van der Waals surface area contributed by atoms with E-state index in [0.717, 1.165) is 51.7 Å². The minimum absolute atomic E-state index is 0.0158. The fourth-order valence-electron chi connectivity index (χ4n) is 7.30. The van der Waals surface area contributed by atoms with Crippen molar-refractivity contribution in [3.05, 3.63) is 72.6 Å². The third kappa shape index (κ3) is 8.05. The summed E-state index contributed by atoms with van der Waals surface area (Å²) < 4.78 is 10.4. The van der Waals surface area contributed by atoms with Crippen LogP contribution in [0.15, 0.2) is 60.9 Å². The minimum atomic E-state index is -0.686. The number of hydrogen-bond acceptors (Lipinski definition) is 7. The van der Waals surface area contributed by atoms with Crippen molar-refractivity contribution in [1.82, 2.24) is 35.5 Å². The number of aromatic nitrogens is 4. The average molecular weight is 696 g/mol. The van der Waals surface area contributed by atoms with Crippen LogP contribution in [0, 0.1) is 17.8 Å². The summed E-state index contributed by atoms with van der Waals surface area (Å²) >= 11 is 0. The first-order chi connectivity index (χ1) is 24.5. The smallest absolute Gasteiger partial charge is 0.407 e. The van der Waals surface area contributed by atoms with E-state index < -0.39 is 12.1 Å². The molecule has 4 heterocycles. The van der Waals surface area contributed by atoms with Gasteiger partial charge in [0.1, 0.15) is 17.7 Å². The zero-order chi connectivity index (χ0) is 36.2. The predicted octanol–water partition coefficient (Wildman–Crippen LogP) is 7.28. The number of likely N-dealkylation sites (tertiary alicyclic amines) is 1. The van der Waals surface area contributed by atoms with E-state index in [1.165, 1.54) is 7.11 Å². The van der Waals surface area contributed by atoms with E-state index >= 15 is 0 Å². The van der Waals surface area contributed by atoms with E-state index in [9.17, 15) is 9.59 Å². The number of benzene rings is 2. The number of H-pyrrole nitrogens is 2. The van der Waals surface area contributed by atoms with Crippen molar-refractivity contribution in [2.24, 2.45) is 17.8 Å². The van der Waals surface area contributed by atoms with Crippen molar-refractivity contribution in [3.63, 3.8) is 0 Å². The number of imidazole rings is 2. The predicted molar refractivity (Wildman–Crippen MR) is 199 cm³/mol. The van der Waals surface area contributed by atoms with Crippen LogP contribution in [-0.4, -0.2) is 75.3 Å². The molecule has 11 heteroatoms. The van der Waals surface area contributed by atoms with Gasteiger partial charge in [-0.1, -0.05) is 69.3 Å². The Morgan fingerprint density at radius 1 is 0.863 bits per heavy atom. The van der Waals surface area contributed by atoms with Crippen molar-refractivity contribution in [2.45, 2.75) is 91.0 Å². The molecule has 0 saturated carbocycles. The summed E-state index contributed by atoms with van der Waals surface area (Å²) in [5.74, 6) is 2.38. The van der Waals surface area contributed by atoms with Crippen molar-refractivity contribution >= 4 is 12.0 Å². The second-order valence-corrected chi connectivity index (χ2v) is 14.7. The zero-order valence-electron chi connectivity index (χ0n) is 30.9. The summed E-state index contributed by atoms with van der Waals surface area (Å²) in [4.78, 5) is 44.9. The fourth-order valence-corrected chi connectivity index (χ4v) is 7.30. The topological polar surface area (TPSA) is 137 Å². The highest BCUT2D eigenvalue weighted by Crippen LogP contribution is 2.40. The first-order valence-corrected chi connectivity index (χ1v) is 18.4. The molecule has 0 spiro atoms. The van der Waals surface area contributed by atoms with E-state index in [1.54, 1.807) is 0 Å². The number of rotatable bonds is 11.